The Balaban J connectivity index is 2.02. The molecule has 20 heavy (non-hydrogen) atoms. The molecule has 0 saturated carbocycles. The number of amides is 1. The maximum Gasteiger partial charge on any atom is 0.246 e. The first kappa shape index (κ1) is 14.8. The highest BCUT2D eigenvalue weighted by molar-refractivity contribution is 5.92. The number of rotatable bonds is 4. The van der Waals surface area contributed by atoms with E-state index in [-0.39, 0.29) is 18.6 Å². The molecule has 3 heteroatoms. The monoisotopic (exact) mass is 273 g/mol. The van der Waals surface area contributed by atoms with Crippen LogP contribution in [0.1, 0.15) is 36.8 Å². The molecule has 0 aliphatic carbocycles. The van der Waals surface area contributed by atoms with Crippen molar-refractivity contribution >= 4 is 12.0 Å². The summed E-state index contributed by atoms with van der Waals surface area (Å²) in [6.07, 6.45) is 7.43. The summed E-state index contributed by atoms with van der Waals surface area (Å²) in [6, 6.07) is 8.29. The van der Waals surface area contributed by atoms with Gasteiger partial charge >= 0.3 is 0 Å². The van der Waals surface area contributed by atoms with E-state index in [4.69, 9.17) is 5.11 Å². The molecule has 1 unspecified atom stereocenters. The molecule has 1 aromatic carbocycles. The van der Waals surface area contributed by atoms with Crippen LogP contribution in [0.2, 0.25) is 0 Å². The number of aliphatic hydroxyl groups excluding tert-OH is 1. The van der Waals surface area contributed by atoms with Crippen molar-refractivity contribution < 1.29 is 9.90 Å². The molecule has 1 aliphatic heterocycles. The summed E-state index contributed by atoms with van der Waals surface area (Å²) in [4.78, 5) is 14.2. The fraction of sp³-hybridized carbons (Fsp3) is 0.471. The van der Waals surface area contributed by atoms with Gasteiger partial charge in [-0.15, -0.1) is 0 Å². The van der Waals surface area contributed by atoms with Gasteiger partial charge in [-0.1, -0.05) is 29.8 Å². The van der Waals surface area contributed by atoms with Gasteiger partial charge in [0.1, 0.15) is 0 Å². The van der Waals surface area contributed by atoms with Crippen molar-refractivity contribution in [2.75, 3.05) is 13.2 Å². The zero-order chi connectivity index (χ0) is 14.4. The molecule has 1 fully saturated rings. The van der Waals surface area contributed by atoms with Crippen molar-refractivity contribution in [1.29, 1.82) is 0 Å². The number of hydrogen-bond donors (Lipinski definition) is 1. The summed E-state index contributed by atoms with van der Waals surface area (Å²) < 4.78 is 0. The molecule has 1 aromatic rings. The van der Waals surface area contributed by atoms with Crippen LogP contribution < -0.4 is 0 Å². The zero-order valence-corrected chi connectivity index (χ0v) is 12.1. The summed E-state index contributed by atoms with van der Waals surface area (Å²) in [5.41, 5.74) is 2.24. The van der Waals surface area contributed by atoms with Crippen LogP contribution in [0.5, 0.6) is 0 Å². The molecule has 0 aromatic heterocycles. The van der Waals surface area contributed by atoms with E-state index in [0.29, 0.717) is 6.42 Å². The average molecular weight is 273 g/mol. The van der Waals surface area contributed by atoms with Gasteiger partial charge in [0.15, 0.2) is 0 Å². The minimum Gasteiger partial charge on any atom is -0.396 e. The highest BCUT2D eigenvalue weighted by atomic mass is 16.3. The Bertz CT molecular complexity index is 480. The van der Waals surface area contributed by atoms with E-state index in [1.54, 1.807) is 6.08 Å². The lowest BCUT2D eigenvalue weighted by molar-refractivity contribution is -0.129. The van der Waals surface area contributed by atoms with Gasteiger partial charge in [0.25, 0.3) is 0 Å². The maximum absolute atomic E-state index is 12.3. The van der Waals surface area contributed by atoms with Crippen LogP contribution >= 0.6 is 0 Å². The minimum atomic E-state index is 0.0599. The summed E-state index contributed by atoms with van der Waals surface area (Å²) in [5, 5.41) is 9.10. The highest BCUT2D eigenvalue weighted by Gasteiger charge is 2.24. The third kappa shape index (κ3) is 3.94. The molecule has 1 aliphatic rings. The van der Waals surface area contributed by atoms with Gasteiger partial charge in [-0.25, -0.2) is 0 Å². The number of carbonyl (C=O) groups is 1. The Hall–Kier alpha value is -1.61. The van der Waals surface area contributed by atoms with Gasteiger partial charge in [-0.2, -0.15) is 0 Å². The molecule has 1 N–H and O–H groups in total. The first-order valence-corrected chi connectivity index (χ1v) is 7.37. The van der Waals surface area contributed by atoms with Crippen molar-refractivity contribution in [1.82, 2.24) is 4.90 Å². The third-order valence-electron chi connectivity index (χ3n) is 3.83. The van der Waals surface area contributed by atoms with Crippen molar-refractivity contribution in [3.8, 4) is 0 Å². The van der Waals surface area contributed by atoms with Crippen LogP contribution in [0.4, 0.5) is 0 Å². The van der Waals surface area contributed by atoms with E-state index in [9.17, 15) is 4.79 Å². The summed E-state index contributed by atoms with van der Waals surface area (Å²) in [7, 11) is 0. The first-order valence-electron chi connectivity index (χ1n) is 7.37. The molecule has 3 nitrogen and oxygen atoms in total. The van der Waals surface area contributed by atoms with Gasteiger partial charge in [0.2, 0.25) is 5.91 Å². The Morgan fingerprint density at radius 3 is 3.05 bits per heavy atom. The molecule has 1 amide bonds. The standard InChI is InChI=1S/C17H23NO2/c1-14-5-4-6-15(13-14)8-9-17(20)18-11-3-2-7-16(18)10-12-19/h4-6,8-9,13,16,19H,2-3,7,10-12H2,1H3/b9-8+. The topological polar surface area (TPSA) is 40.5 Å². The van der Waals surface area contributed by atoms with Crippen molar-refractivity contribution in [3.63, 3.8) is 0 Å². The largest absolute Gasteiger partial charge is 0.396 e. The lowest BCUT2D eigenvalue weighted by Gasteiger charge is -2.34. The Kier molecular flexibility index (Phi) is 5.36. The predicted octanol–water partition coefficient (Wildman–Crippen LogP) is 2.77. The number of nitrogens with zero attached hydrogens (tertiary/aromatic N) is 1. The molecule has 1 saturated heterocycles. The fourth-order valence-electron chi connectivity index (χ4n) is 2.78. The van der Waals surface area contributed by atoms with Gasteiger partial charge in [0.05, 0.1) is 0 Å². The number of piperidine rings is 1. The van der Waals surface area contributed by atoms with E-state index < -0.39 is 0 Å². The first-order chi connectivity index (χ1) is 9.70. The van der Waals surface area contributed by atoms with E-state index >= 15 is 0 Å². The second-order valence-corrected chi connectivity index (χ2v) is 5.44. The molecule has 0 radical (unpaired) electrons. The van der Waals surface area contributed by atoms with Crippen LogP contribution in [-0.4, -0.2) is 35.1 Å². The van der Waals surface area contributed by atoms with Crippen molar-refractivity contribution in [2.45, 2.75) is 38.6 Å². The molecular weight excluding hydrogens is 250 g/mol. The van der Waals surface area contributed by atoms with Crippen LogP contribution in [0.15, 0.2) is 30.3 Å². The van der Waals surface area contributed by atoms with Gasteiger partial charge in [-0.3, -0.25) is 4.79 Å². The average Bonchev–Trinajstić information content (AvgIpc) is 2.46. The SMILES string of the molecule is Cc1cccc(/C=C/C(=O)N2CCCCC2CCO)c1. The fourth-order valence-corrected chi connectivity index (χ4v) is 2.78. The Labute approximate surface area is 120 Å². The molecule has 0 spiro atoms. The number of carbonyl (C=O) groups excluding carboxylic acids is 1. The molecular formula is C17H23NO2. The minimum absolute atomic E-state index is 0.0599. The number of aryl methyl sites for hydroxylation is 1. The lowest BCUT2D eigenvalue weighted by atomic mass is 9.99. The number of benzene rings is 1. The van der Waals surface area contributed by atoms with E-state index in [1.165, 1.54) is 5.56 Å². The quantitative estimate of drug-likeness (QED) is 0.857. The Morgan fingerprint density at radius 1 is 1.45 bits per heavy atom. The maximum atomic E-state index is 12.3. The number of aliphatic hydroxyl groups is 1. The zero-order valence-electron chi connectivity index (χ0n) is 12.1. The Morgan fingerprint density at radius 2 is 2.30 bits per heavy atom. The number of likely N-dealkylation sites (tertiary alicyclic amines) is 1. The molecule has 108 valence electrons. The summed E-state index contributed by atoms with van der Waals surface area (Å²) in [5.74, 6) is 0.0599. The second-order valence-electron chi connectivity index (χ2n) is 5.44. The van der Waals surface area contributed by atoms with E-state index in [2.05, 4.69) is 6.07 Å². The normalized spacial score (nSPS) is 19.5. The van der Waals surface area contributed by atoms with Crippen molar-refractivity contribution in [3.05, 3.63) is 41.5 Å². The third-order valence-corrected chi connectivity index (χ3v) is 3.83. The van der Waals surface area contributed by atoms with Gasteiger partial charge in [-0.05, 0) is 44.2 Å². The molecule has 0 bridgehead atoms. The van der Waals surface area contributed by atoms with E-state index in [1.807, 2.05) is 36.1 Å². The van der Waals surface area contributed by atoms with E-state index in [0.717, 1.165) is 31.4 Å². The van der Waals surface area contributed by atoms with Gasteiger partial charge in [0, 0.05) is 25.3 Å². The molecule has 2 rings (SSSR count). The van der Waals surface area contributed by atoms with Crippen LogP contribution in [0.25, 0.3) is 6.08 Å². The highest BCUT2D eigenvalue weighted by Crippen LogP contribution is 2.20. The van der Waals surface area contributed by atoms with Crippen molar-refractivity contribution in [2.24, 2.45) is 0 Å². The summed E-state index contributed by atoms with van der Waals surface area (Å²) in [6.45, 7) is 3.00. The van der Waals surface area contributed by atoms with Crippen LogP contribution in [-0.2, 0) is 4.79 Å². The molecule has 1 atom stereocenters. The smallest absolute Gasteiger partial charge is 0.246 e. The van der Waals surface area contributed by atoms with Crippen LogP contribution in [0.3, 0.4) is 0 Å². The number of hydrogen-bond acceptors (Lipinski definition) is 2. The lowest BCUT2D eigenvalue weighted by Crippen LogP contribution is -2.43. The van der Waals surface area contributed by atoms with Crippen LogP contribution in [0, 0.1) is 6.92 Å². The van der Waals surface area contributed by atoms with Gasteiger partial charge < -0.3 is 10.0 Å². The summed E-state index contributed by atoms with van der Waals surface area (Å²) >= 11 is 0. The predicted molar refractivity (Wildman–Crippen MR) is 81.3 cm³/mol. The molecule has 1 heterocycles. The second kappa shape index (κ2) is 7.25.